The zero-order valence-corrected chi connectivity index (χ0v) is 9.89. The quantitative estimate of drug-likeness (QED) is 0.760. The number of carbonyl (C=O) groups is 1. The van der Waals surface area contributed by atoms with E-state index in [9.17, 15) is 15.0 Å². The lowest BCUT2D eigenvalue weighted by Gasteiger charge is -2.39. The number of carbonyl (C=O) groups excluding carboxylic acids is 1. The molecule has 4 heteroatoms. The SMILES string of the molecule is CC1(O)CCC(O)(c2ncccc2C=O)CC1. The summed E-state index contributed by atoms with van der Waals surface area (Å²) >= 11 is 0. The summed E-state index contributed by atoms with van der Waals surface area (Å²) in [4.78, 5) is 15.1. The molecule has 1 aliphatic rings. The van der Waals surface area contributed by atoms with Crippen molar-refractivity contribution < 1.29 is 15.0 Å². The molecular weight excluding hydrogens is 218 g/mol. The second-order valence-electron chi connectivity index (χ2n) is 5.09. The highest BCUT2D eigenvalue weighted by Crippen LogP contribution is 2.41. The van der Waals surface area contributed by atoms with Gasteiger partial charge in [0, 0.05) is 11.8 Å². The van der Waals surface area contributed by atoms with E-state index in [4.69, 9.17) is 0 Å². The molecule has 0 aliphatic heterocycles. The fraction of sp³-hybridized carbons (Fsp3) is 0.538. The molecule has 0 spiro atoms. The third-order valence-electron chi connectivity index (χ3n) is 3.56. The van der Waals surface area contributed by atoms with Crippen molar-refractivity contribution >= 4 is 6.29 Å². The van der Waals surface area contributed by atoms with Gasteiger partial charge in [-0.2, -0.15) is 0 Å². The molecule has 0 bridgehead atoms. The van der Waals surface area contributed by atoms with Crippen LogP contribution < -0.4 is 0 Å². The summed E-state index contributed by atoms with van der Waals surface area (Å²) < 4.78 is 0. The number of aromatic nitrogens is 1. The molecule has 1 aliphatic carbocycles. The first-order valence-electron chi connectivity index (χ1n) is 5.82. The van der Waals surface area contributed by atoms with Crippen molar-refractivity contribution in [2.45, 2.75) is 43.8 Å². The lowest BCUT2D eigenvalue weighted by Crippen LogP contribution is -2.40. The van der Waals surface area contributed by atoms with E-state index in [2.05, 4.69) is 4.98 Å². The van der Waals surface area contributed by atoms with Crippen LogP contribution in [0.1, 0.15) is 48.7 Å². The molecule has 1 fully saturated rings. The maximum Gasteiger partial charge on any atom is 0.151 e. The van der Waals surface area contributed by atoms with Gasteiger partial charge in [0.2, 0.25) is 0 Å². The normalized spacial score (nSPS) is 33.4. The highest BCUT2D eigenvalue weighted by Gasteiger charge is 2.41. The predicted molar refractivity (Wildman–Crippen MR) is 62.6 cm³/mol. The minimum absolute atomic E-state index is 0.427. The van der Waals surface area contributed by atoms with Gasteiger partial charge in [0.1, 0.15) is 5.60 Å². The minimum atomic E-state index is -1.08. The van der Waals surface area contributed by atoms with Gasteiger partial charge >= 0.3 is 0 Å². The lowest BCUT2D eigenvalue weighted by atomic mass is 9.74. The predicted octanol–water partition coefficient (Wildman–Crippen LogP) is 1.41. The van der Waals surface area contributed by atoms with E-state index >= 15 is 0 Å². The molecule has 1 saturated carbocycles. The molecule has 0 aromatic carbocycles. The third-order valence-corrected chi connectivity index (χ3v) is 3.56. The van der Waals surface area contributed by atoms with Gasteiger partial charge in [0.25, 0.3) is 0 Å². The van der Waals surface area contributed by atoms with Crippen molar-refractivity contribution in [1.29, 1.82) is 0 Å². The fourth-order valence-corrected chi connectivity index (χ4v) is 2.34. The average molecular weight is 235 g/mol. The van der Waals surface area contributed by atoms with Crippen LogP contribution in [0, 0.1) is 0 Å². The number of hydrogen-bond donors (Lipinski definition) is 2. The summed E-state index contributed by atoms with van der Waals surface area (Å²) in [6.45, 7) is 1.77. The van der Waals surface area contributed by atoms with E-state index in [0.717, 1.165) is 0 Å². The molecule has 1 heterocycles. The molecule has 0 amide bonds. The standard InChI is InChI=1S/C13H17NO3/c1-12(16)4-6-13(17,7-5-12)11-10(9-15)3-2-8-14-11/h2-3,8-9,16-17H,4-7H2,1H3. The molecule has 2 N–H and O–H groups in total. The first-order valence-corrected chi connectivity index (χ1v) is 5.82. The van der Waals surface area contributed by atoms with Crippen LogP contribution in [-0.4, -0.2) is 27.1 Å². The van der Waals surface area contributed by atoms with Crippen LogP contribution in [0.3, 0.4) is 0 Å². The van der Waals surface area contributed by atoms with E-state index in [0.29, 0.717) is 43.2 Å². The van der Waals surface area contributed by atoms with E-state index in [1.807, 2.05) is 0 Å². The van der Waals surface area contributed by atoms with E-state index in [1.54, 1.807) is 25.3 Å². The summed E-state index contributed by atoms with van der Waals surface area (Å²) in [5.41, 5.74) is -0.940. The van der Waals surface area contributed by atoms with Crippen LogP contribution in [0.5, 0.6) is 0 Å². The Kier molecular flexibility index (Phi) is 3.02. The molecule has 17 heavy (non-hydrogen) atoms. The average Bonchev–Trinajstić information content (AvgIpc) is 2.33. The van der Waals surface area contributed by atoms with Gasteiger partial charge in [0.05, 0.1) is 11.3 Å². The first kappa shape index (κ1) is 12.2. The van der Waals surface area contributed by atoms with Gasteiger partial charge in [-0.25, -0.2) is 0 Å². The van der Waals surface area contributed by atoms with E-state index in [1.165, 1.54) is 0 Å². The third kappa shape index (κ3) is 2.37. The van der Waals surface area contributed by atoms with Crippen LogP contribution >= 0.6 is 0 Å². The van der Waals surface area contributed by atoms with E-state index < -0.39 is 11.2 Å². The molecule has 2 rings (SSSR count). The van der Waals surface area contributed by atoms with Crippen molar-refractivity contribution in [2.75, 3.05) is 0 Å². The Hall–Kier alpha value is -1.26. The Bertz CT molecular complexity index is 418. The van der Waals surface area contributed by atoms with Crippen LogP contribution in [0.15, 0.2) is 18.3 Å². The van der Waals surface area contributed by atoms with Gasteiger partial charge in [-0.1, -0.05) is 0 Å². The number of aliphatic hydroxyl groups is 2. The molecule has 1 aromatic heterocycles. The summed E-state index contributed by atoms with van der Waals surface area (Å²) in [6.07, 6.45) is 4.17. The monoisotopic (exact) mass is 235 g/mol. The van der Waals surface area contributed by atoms with Crippen LogP contribution in [0.4, 0.5) is 0 Å². The molecule has 0 radical (unpaired) electrons. The minimum Gasteiger partial charge on any atom is -0.390 e. The number of hydrogen-bond acceptors (Lipinski definition) is 4. The molecule has 1 aromatic rings. The van der Waals surface area contributed by atoms with Gasteiger partial charge in [-0.15, -0.1) is 0 Å². The first-order chi connectivity index (χ1) is 7.97. The number of nitrogens with zero attached hydrogens (tertiary/aromatic N) is 1. The zero-order chi connectivity index (χ0) is 12.5. The fourth-order valence-electron chi connectivity index (χ4n) is 2.34. The smallest absolute Gasteiger partial charge is 0.151 e. The van der Waals surface area contributed by atoms with E-state index in [-0.39, 0.29) is 0 Å². The van der Waals surface area contributed by atoms with Crippen molar-refractivity contribution in [3.05, 3.63) is 29.6 Å². The van der Waals surface area contributed by atoms with Gasteiger partial charge < -0.3 is 10.2 Å². The number of aldehydes is 1. The molecular formula is C13H17NO3. The second kappa shape index (κ2) is 4.20. The Morgan fingerprint density at radius 2 is 1.94 bits per heavy atom. The van der Waals surface area contributed by atoms with Crippen LogP contribution in [-0.2, 0) is 5.60 Å². The Morgan fingerprint density at radius 1 is 1.29 bits per heavy atom. The van der Waals surface area contributed by atoms with Crippen LogP contribution in [0.2, 0.25) is 0 Å². The summed E-state index contributed by atoms with van der Waals surface area (Å²) in [5.74, 6) is 0. The van der Waals surface area contributed by atoms with Gasteiger partial charge in [-0.3, -0.25) is 9.78 Å². The highest BCUT2D eigenvalue weighted by molar-refractivity contribution is 5.76. The highest BCUT2D eigenvalue weighted by atomic mass is 16.3. The number of rotatable bonds is 2. The van der Waals surface area contributed by atoms with Crippen molar-refractivity contribution in [1.82, 2.24) is 4.98 Å². The van der Waals surface area contributed by atoms with Crippen molar-refractivity contribution in [2.24, 2.45) is 0 Å². The van der Waals surface area contributed by atoms with Crippen molar-refractivity contribution in [3.63, 3.8) is 0 Å². The molecule has 4 nitrogen and oxygen atoms in total. The molecule has 92 valence electrons. The molecule has 0 unspecified atom stereocenters. The molecule has 0 atom stereocenters. The molecule has 0 saturated heterocycles. The zero-order valence-electron chi connectivity index (χ0n) is 9.89. The second-order valence-corrected chi connectivity index (χ2v) is 5.09. The van der Waals surface area contributed by atoms with Crippen LogP contribution in [0.25, 0.3) is 0 Å². The van der Waals surface area contributed by atoms with Gasteiger partial charge in [-0.05, 0) is 44.7 Å². The summed E-state index contributed by atoms with van der Waals surface area (Å²) in [5, 5.41) is 20.4. The number of pyridine rings is 1. The Labute approximate surface area is 100 Å². The largest absolute Gasteiger partial charge is 0.390 e. The summed E-state index contributed by atoms with van der Waals surface area (Å²) in [7, 11) is 0. The summed E-state index contributed by atoms with van der Waals surface area (Å²) in [6, 6.07) is 3.33. The Balaban J connectivity index is 2.30. The van der Waals surface area contributed by atoms with Gasteiger partial charge in [0.15, 0.2) is 6.29 Å². The topological polar surface area (TPSA) is 70.4 Å². The maximum absolute atomic E-state index is 10.9. The van der Waals surface area contributed by atoms with Crippen molar-refractivity contribution in [3.8, 4) is 0 Å². The lowest BCUT2D eigenvalue weighted by molar-refractivity contribution is -0.0781. The maximum atomic E-state index is 10.9. The Morgan fingerprint density at radius 3 is 2.53 bits per heavy atom.